The topological polar surface area (TPSA) is 38.0 Å². The van der Waals surface area contributed by atoms with Gasteiger partial charge in [-0.1, -0.05) is 70.7 Å². The zero-order valence-corrected chi connectivity index (χ0v) is 12.8. The van der Waals surface area contributed by atoms with Gasteiger partial charge in [0.05, 0.1) is 0 Å². The van der Waals surface area contributed by atoms with Crippen molar-refractivity contribution in [2.24, 2.45) is 11.8 Å². The third-order valence-electron chi connectivity index (χ3n) is 3.95. The molecular formula is C17H30N2. The van der Waals surface area contributed by atoms with Crippen LogP contribution in [0.25, 0.3) is 0 Å². The molecule has 0 bridgehead atoms. The number of rotatable bonds is 9. The van der Waals surface area contributed by atoms with Crippen LogP contribution in [-0.4, -0.2) is 0 Å². The average Bonchev–Trinajstić information content (AvgIpc) is 2.44. The molecule has 0 aliphatic heterocycles. The van der Waals surface area contributed by atoms with Crippen LogP contribution in [0, 0.1) is 5.92 Å². The highest BCUT2D eigenvalue weighted by Gasteiger charge is 2.20. The molecule has 0 saturated heterocycles. The van der Waals surface area contributed by atoms with Crippen LogP contribution in [0.5, 0.6) is 0 Å². The Labute approximate surface area is 118 Å². The molecule has 1 aromatic rings. The predicted octanol–water partition coefficient (Wildman–Crippen LogP) is 4.36. The molecule has 0 fully saturated rings. The van der Waals surface area contributed by atoms with Gasteiger partial charge in [0.25, 0.3) is 0 Å². The van der Waals surface area contributed by atoms with E-state index in [1.54, 1.807) is 0 Å². The third kappa shape index (κ3) is 4.96. The fourth-order valence-corrected chi connectivity index (χ4v) is 2.81. The van der Waals surface area contributed by atoms with E-state index in [0.29, 0.717) is 5.92 Å². The lowest BCUT2D eigenvalue weighted by Crippen LogP contribution is -2.33. The molecule has 3 N–H and O–H groups in total. The summed E-state index contributed by atoms with van der Waals surface area (Å²) in [6.07, 6.45) is 7.30. The molecule has 19 heavy (non-hydrogen) atoms. The molecule has 2 unspecified atom stereocenters. The van der Waals surface area contributed by atoms with Gasteiger partial charge in [-0.25, -0.2) is 0 Å². The summed E-state index contributed by atoms with van der Waals surface area (Å²) in [5.74, 6) is 6.45. The summed E-state index contributed by atoms with van der Waals surface area (Å²) >= 11 is 0. The number of hydrogen-bond acceptors (Lipinski definition) is 2. The first-order chi connectivity index (χ1) is 9.26. The molecule has 0 amide bonds. The molecule has 1 aromatic carbocycles. The van der Waals surface area contributed by atoms with Gasteiger partial charge < -0.3 is 0 Å². The minimum atomic E-state index is 0.286. The molecule has 0 spiro atoms. The van der Waals surface area contributed by atoms with E-state index in [1.165, 1.54) is 43.2 Å². The highest BCUT2D eigenvalue weighted by atomic mass is 15.2. The Balaban J connectivity index is 2.84. The number of hydrogen-bond donors (Lipinski definition) is 2. The molecule has 2 heteroatoms. The van der Waals surface area contributed by atoms with Crippen molar-refractivity contribution >= 4 is 0 Å². The molecule has 2 atom stereocenters. The van der Waals surface area contributed by atoms with Crippen molar-refractivity contribution in [1.82, 2.24) is 5.43 Å². The lowest BCUT2D eigenvalue weighted by atomic mass is 9.86. The van der Waals surface area contributed by atoms with Gasteiger partial charge in [-0.05, 0) is 29.9 Å². The fourth-order valence-electron chi connectivity index (χ4n) is 2.81. The van der Waals surface area contributed by atoms with Gasteiger partial charge in [-0.2, -0.15) is 0 Å². The molecule has 2 nitrogen and oxygen atoms in total. The molecule has 0 radical (unpaired) electrons. The van der Waals surface area contributed by atoms with Crippen LogP contribution in [0.2, 0.25) is 0 Å². The lowest BCUT2D eigenvalue weighted by Gasteiger charge is -2.26. The Morgan fingerprint density at radius 2 is 1.95 bits per heavy atom. The molecule has 0 aromatic heterocycles. The zero-order valence-electron chi connectivity index (χ0n) is 12.8. The third-order valence-corrected chi connectivity index (χ3v) is 3.95. The zero-order chi connectivity index (χ0) is 14.1. The molecule has 108 valence electrons. The summed E-state index contributed by atoms with van der Waals surface area (Å²) in [5.41, 5.74) is 5.81. The maximum Gasteiger partial charge on any atom is 0.0488 e. The van der Waals surface area contributed by atoms with Crippen LogP contribution < -0.4 is 11.3 Å². The standard InChI is InChI=1S/C17H30N2/c1-4-7-11-15(6-3)17(19-18)16-12-8-10-14(13-16)9-5-2/h8,10,12-13,15,17,19H,4-7,9,11,18H2,1-3H3. The van der Waals surface area contributed by atoms with Gasteiger partial charge in [0.1, 0.15) is 0 Å². The number of benzene rings is 1. The van der Waals surface area contributed by atoms with Crippen LogP contribution >= 0.6 is 0 Å². The summed E-state index contributed by atoms with van der Waals surface area (Å²) in [6.45, 7) is 6.74. The van der Waals surface area contributed by atoms with E-state index in [9.17, 15) is 0 Å². The first-order valence-corrected chi connectivity index (χ1v) is 7.81. The second-order valence-corrected chi connectivity index (χ2v) is 5.45. The minimum Gasteiger partial charge on any atom is -0.271 e. The van der Waals surface area contributed by atoms with Crippen molar-refractivity contribution in [2.45, 2.75) is 65.3 Å². The number of aryl methyl sites for hydroxylation is 1. The van der Waals surface area contributed by atoms with Crippen LogP contribution in [0.4, 0.5) is 0 Å². The SMILES string of the molecule is CCCCC(CC)C(NN)c1cccc(CCC)c1. The normalized spacial score (nSPS) is 14.3. The summed E-state index contributed by atoms with van der Waals surface area (Å²) < 4.78 is 0. The van der Waals surface area contributed by atoms with Crippen molar-refractivity contribution < 1.29 is 0 Å². The van der Waals surface area contributed by atoms with Gasteiger partial charge in [-0.3, -0.25) is 11.3 Å². The van der Waals surface area contributed by atoms with Gasteiger partial charge in [0.15, 0.2) is 0 Å². The Bertz CT molecular complexity index is 349. The van der Waals surface area contributed by atoms with Crippen molar-refractivity contribution in [2.75, 3.05) is 0 Å². The van der Waals surface area contributed by atoms with Gasteiger partial charge in [0.2, 0.25) is 0 Å². The van der Waals surface area contributed by atoms with Gasteiger partial charge in [-0.15, -0.1) is 0 Å². The Kier molecular flexibility index (Phi) is 7.76. The minimum absolute atomic E-state index is 0.286. The molecule has 0 aliphatic carbocycles. The maximum absolute atomic E-state index is 5.83. The van der Waals surface area contributed by atoms with Crippen LogP contribution in [0.15, 0.2) is 24.3 Å². The van der Waals surface area contributed by atoms with Crippen molar-refractivity contribution in [3.63, 3.8) is 0 Å². The summed E-state index contributed by atoms with van der Waals surface area (Å²) in [5, 5.41) is 0. The molecule has 0 saturated carbocycles. The van der Waals surface area contributed by atoms with Crippen molar-refractivity contribution in [3.8, 4) is 0 Å². The van der Waals surface area contributed by atoms with E-state index < -0.39 is 0 Å². The summed E-state index contributed by atoms with van der Waals surface area (Å²) in [7, 11) is 0. The lowest BCUT2D eigenvalue weighted by molar-refractivity contribution is 0.326. The van der Waals surface area contributed by atoms with Crippen LogP contribution in [-0.2, 0) is 6.42 Å². The molecule has 0 heterocycles. The molecule has 1 rings (SSSR count). The van der Waals surface area contributed by atoms with Crippen LogP contribution in [0.3, 0.4) is 0 Å². The van der Waals surface area contributed by atoms with Crippen molar-refractivity contribution in [3.05, 3.63) is 35.4 Å². The van der Waals surface area contributed by atoms with E-state index >= 15 is 0 Å². The van der Waals surface area contributed by atoms with Gasteiger partial charge >= 0.3 is 0 Å². The summed E-state index contributed by atoms with van der Waals surface area (Å²) in [6, 6.07) is 9.19. The van der Waals surface area contributed by atoms with Crippen LogP contribution in [0.1, 0.15) is 70.0 Å². The smallest absolute Gasteiger partial charge is 0.0488 e. The predicted molar refractivity (Wildman–Crippen MR) is 83.8 cm³/mol. The highest BCUT2D eigenvalue weighted by molar-refractivity contribution is 5.26. The monoisotopic (exact) mass is 262 g/mol. The second-order valence-electron chi connectivity index (χ2n) is 5.45. The van der Waals surface area contributed by atoms with Gasteiger partial charge in [0, 0.05) is 6.04 Å². The Morgan fingerprint density at radius 1 is 1.16 bits per heavy atom. The van der Waals surface area contributed by atoms with E-state index in [-0.39, 0.29) is 6.04 Å². The Morgan fingerprint density at radius 3 is 2.53 bits per heavy atom. The number of unbranched alkanes of at least 4 members (excludes halogenated alkanes) is 1. The van der Waals surface area contributed by atoms with E-state index in [2.05, 4.69) is 50.5 Å². The quantitative estimate of drug-likeness (QED) is 0.512. The molecule has 0 aliphatic rings. The number of nitrogens with one attached hydrogen (secondary N) is 1. The van der Waals surface area contributed by atoms with E-state index in [1.807, 2.05) is 0 Å². The highest BCUT2D eigenvalue weighted by Crippen LogP contribution is 2.29. The summed E-state index contributed by atoms with van der Waals surface area (Å²) in [4.78, 5) is 0. The molecular weight excluding hydrogens is 232 g/mol. The number of hydrazine groups is 1. The largest absolute Gasteiger partial charge is 0.271 e. The Hall–Kier alpha value is -0.860. The van der Waals surface area contributed by atoms with E-state index in [4.69, 9.17) is 5.84 Å². The van der Waals surface area contributed by atoms with Crippen molar-refractivity contribution in [1.29, 1.82) is 0 Å². The number of nitrogens with two attached hydrogens (primary N) is 1. The average molecular weight is 262 g/mol. The fraction of sp³-hybridized carbons (Fsp3) is 0.647. The van der Waals surface area contributed by atoms with E-state index in [0.717, 1.165) is 6.42 Å². The second kappa shape index (κ2) is 9.11. The maximum atomic E-state index is 5.83. The first-order valence-electron chi connectivity index (χ1n) is 7.81. The first kappa shape index (κ1) is 16.2.